The van der Waals surface area contributed by atoms with Gasteiger partial charge in [0.05, 0.1) is 43.5 Å². The molecule has 0 aliphatic rings. The maximum Gasteiger partial charge on any atom is 0.303 e. The van der Waals surface area contributed by atoms with Gasteiger partial charge in [0.15, 0.2) is 29.5 Å². The van der Waals surface area contributed by atoms with Crippen LogP contribution in [0.1, 0.15) is 92.9 Å². The SMILES string of the molecule is Cc1ccc(S(=O)(=O)C(CCc2ccccc2)C(O)CCCC(=O)O)cc1.O=C(O)CCCC(O)C(C=Cc1ccccc1)S(=O)(=O)c1ccccc1.O=C(O)CCCC(O)C(CCc1ccccc1)S(=O)(=O)c1ccc(Cl)cc1. The number of carbonyl (C=O) groups is 3. The molecule has 0 spiro atoms. The van der Waals surface area contributed by atoms with E-state index < -0.39 is 81.5 Å². The lowest BCUT2D eigenvalue weighted by Crippen LogP contribution is -2.35. The minimum absolute atomic E-state index is 0.0855. The number of sulfone groups is 3. The van der Waals surface area contributed by atoms with Crippen molar-refractivity contribution >= 4 is 65.1 Å². The fourth-order valence-electron chi connectivity index (χ4n) is 8.62. The molecule has 0 heterocycles. The van der Waals surface area contributed by atoms with E-state index in [0.29, 0.717) is 17.9 Å². The zero-order valence-corrected chi connectivity index (χ0v) is 47.6. The normalized spacial score (nSPS) is 14.0. The Balaban J connectivity index is 0.000000258. The minimum atomic E-state index is -3.81. The monoisotopic (exact) mass is 1170 g/mol. The number of halogens is 1. The molecule has 6 unspecified atom stereocenters. The molecule has 6 N–H and O–H groups in total. The molecule has 19 heteroatoms. The third kappa shape index (κ3) is 22.2. The van der Waals surface area contributed by atoms with Gasteiger partial charge in [0, 0.05) is 24.3 Å². The van der Waals surface area contributed by atoms with E-state index in [-0.39, 0.29) is 85.3 Å². The fourth-order valence-corrected chi connectivity index (χ4v) is 14.1. The van der Waals surface area contributed by atoms with E-state index in [1.165, 1.54) is 42.5 Å². The smallest absolute Gasteiger partial charge is 0.303 e. The number of aliphatic hydroxyl groups excluding tert-OH is 3. The molecule has 430 valence electrons. The Labute approximate surface area is 475 Å². The molecular weight excluding hydrogens is 1100 g/mol. The summed E-state index contributed by atoms with van der Waals surface area (Å²) in [4.78, 5) is 32.5. The Bertz CT molecular complexity index is 3040. The van der Waals surface area contributed by atoms with Crippen LogP contribution in [-0.2, 0) is 56.7 Å². The van der Waals surface area contributed by atoms with Gasteiger partial charge in [-0.1, -0.05) is 151 Å². The number of hydrogen-bond acceptors (Lipinski definition) is 12. The average molecular weight is 1180 g/mol. The van der Waals surface area contributed by atoms with Gasteiger partial charge < -0.3 is 30.6 Å². The van der Waals surface area contributed by atoms with Gasteiger partial charge in [0.1, 0.15) is 5.25 Å². The van der Waals surface area contributed by atoms with Crippen molar-refractivity contribution in [2.45, 2.75) is 139 Å². The van der Waals surface area contributed by atoms with E-state index in [1.807, 2.05) is 97.9 Å². The number of rotatable bonds is 29. The summed E-state index contributed by atoms with van der Waals surface area (Å²) in [5.41, 5.74) is 3.75. The number of carboxylic acid groups (broad SMARTS) is 3. The van der Waals surface area contributed by atoms with Crippen LogP contribution in [0.2, 0.25) is 5.02 Å². The van der Waals surface area contributed by atoms with Crippen molar-refractivity contribution in [2.24, 2.45) is 0 Å². The highest BCUT2D eigenvalue weighted by atomic mass is 35.5. The van der Waals surface area contributed by atoms with Crippen molar-refractivity contribution in [1.29, 1.82) is 0 Å². The summed E-state index contributed by atoms with van der Waals surface area (Å²) >= 11 is 5.84. The zero-order valence-electron chi connectivity index (χ0n) is 44.4. The van der Waals surface area contributed by atoms with Crippen molar-refractivity contribution in [1.82, 2.24) is 0 Å². The summed E-state index contributed by atoms with van der Waals surface area (Å²) in [6, 6.07) is 48.6. The summed E-state index contributed by atoms with van der Waals surface area (Å²) in [6.07, 6.45) is 1.89. The number of aliphatic carboxylic acids is 3. The Hall–Kier alpha value is -6.51. The Morgan fingerprint density at radius 1 is 0.438 bits per heavy atom. The van der Waals surface area contributed by atoms with Crippen LogP contribution < -0.4 is 0 Å². The Morgan fingerprint density at radius 2 is 0.775 bits per heavy atom. The molecular formula is C61H71ClO15S3. The second-order valence-electron chi connectivity index (χ2n) is 19.1. The average Bonchev–Trinajstić information content (AvgIpc) is 3.45. The maximum atomic E-state index is 13.1. The molecule has 6 aromatic rings. The van der Waals surface area contributed by atoms with Gasteiger partial charge in [0.25, 0.3) is 0 Å². The molecule has 80 heavy (non-hydrogen) atoms. The van der Waals surface area contributed by atoms with Gasteiger partial charge >= 0.3 is 17.9 Å². The lowest BCUT2D eigenvalue weighted by atomic mass is 10.0. The van der Waals surface area contributed by atoms with Crippen molar-refractivity contribution in [3.8, 4) is 0 Å². The minimum Gasteiger partial charge on any atom is -0.481 e. The first-order chi connectivity index (χ1) is 38.0. The van der Waals surface area contributed by atoms with Crippen LogP contribution in [0.15, 0.2) is 191 Å². The predicted molar refractivity (Wildman–Crippen MR) is 309 cm³/mol. The molecule has 6 rings (SSSR count). The topological polar surface area (TPSA) is 275 Å². The summed E-state index contributed by atoms with van der Waals surface area (Å²) in [5, 5.41) is 55.2. The molecule has 15 nitrogen and oxygen atoms in total. The summed E-state index contributed by atoms with van der Waals surface area (Å²) < 4.78 is 78.4. The lowest BCUT2D eigenvalue weighted by Gasteiger charge is -2.23. The Morgan fingerprint density at radius 3 is 1.16 bits per heavy atom. The highest BCUT2D eigenvalue weighted by Gasteiger charge is 2.35. The quantitative estimate of drug-likeness (QED) is 0.0255. The van der Waals surface area contributed by atoms with E-state index in [2.05, 4.69) is 0 Å². The third-order valence-corrected chi connectivity index (χ3v) is 19.9. The van der Waals surface area contributed by atoms with Crippen LogP contribution in [0.3, 0.4) is 0 Å². The lowest BCUT2D eigenvalue weighted by molar-refractivity contribution is -0.138. The fraction of sp³-hybridized carbons (Fsp3) is 0.328. The van der Waals surface area contributed by atoms with Crippen molar-refractivity contribution < 1.29 is 70.3 Å². The highest BCUT2D eigenvalue weighted by molar-refractivity contribution is 7.92. The van der Waals surface area contributed by atoms with Gasteiger partial charge in [-0.3, -0.25) is 14.4 Å². The number of carboxylic acids is 3. The standard InChI is InChI=1S/C21H26O5S.C20H23ClO5S.C20H22O5S/c1-16-10-13-18(14-11-16)27(25,26)20(19(22)8-5-9-21(23)24)15-12-17-6-3-2-4-7-17;21-16-10-12-17(13-11-16)27(25,26)19(18(22)7-4-8-20(23)24)14-9-15-5-2-1-3-6-15;21-18(12-7-13-20(22)23)19(15-14-16-8-3-1-4-9-16)26(24,25)17-10-5-2-6-11-17/h2-4,6-7,10-11,13-14,19-20,22H,5,8-9,12,15H2,1H3,(H,23,24);1-3,5-6,10-13,18-19,22H,4,7-9,14H2,(H,23,24);1-6,8-11,14-15,18-19,21H,7,12-13H2,(H,22,23). The first kappa shape index (κ1) is 66.0. The molecule has 0 saturated heterocycles. The van der Waals surface area contributed by atoms with Crippen LogP contribution in [0.25, 0.3) is 6.08 Å². The van der Waals surface area contributed by atoms with Crippen LogP contribution in [-0.4, -0.2) is 108 Å². The number of aliphatic hydroxyl groups is 3. The van der Waals surface area contributed by atoms with Crippen LogP contribution in [0.4, 0.5) is 0 Å². The molecule has 6 aromatic carbocycles. The molecule has 0 bridgehead atoms. The molecule has 0 amide bonds. The number of benzene rings is 6. The van der Waals surface area contributed by atoms with Crippen LogP contribution in [0, 0.1) is 6.92 Å². The molecule has 0 aromatic heterocycles. The molecule has 0 radical (unpaired) electrons. The van der Waals surface area contributed by atoms with Gasteiger partial charge in [-0.2, -0.15) is 0 Å². The van der Waals surface area contributed by atoms with Crippen molar-refractivity contribution in [2.75, 3.05) is 0 Å². The largest absolute Gasteiger partial charge is 0.481 e. The molecule has 6 atom stereocenters. The van der Waals surface area contributed by atoms with Gasteiger partial charge in [-0.05, 0) is 136 Å². The Kier molecular flexibility index (Phi) is 27.5. The first-order valence-electron chi connectivity index (χ1n) is 26.1. The van der Waals surface area contributed by atoms with E-state index in [4.69, 9.17) is 26.9 Å². The molecule has 0 aliphatic carbocycles. The van der Waals surface area contributed by atoms with Gasteiger partial charge in [0.2, 0.25) is 0 Å². The summed E-state index contributed by atoms with van der Waals surface area (Å²) in [6.45, 7) is 1.88. The van der Waals surface area contributed by atoms with Crippen molar-refractivity contribution in [3.63, 3.8) is 0 Å². The number of aryl methyl sites for hydroxylation is 3. The number of hydrogen-bond donors (Lipinski definition) is 6. The van der Waals surface area contributed by atoms with Crippen molar-refractivity contribution in [3.05, 3.63) is 203 Å². The van der Waals surface area contributed by atoms with Gasteiger partial charge in [-0.15, -0.1) is 0 Å². The predicted octanol–water partition coefficient (Wildman–Crippen LogP) is 10.3. The van der Waals surface area contributed by atoms with Gasteiger partial charge in [-0.25, -0.2) is 25.3 Å². The second kappa shape index (κ2) is 33.3. The van der Waals surface area contributed by atoms with E-state index in [1.54, 1.807) is 48.5 Å². The zero-order chi connectivity index (χ0) is 58.7. The maximum absolute atomic E-state index is 13.1. The summed E-state index contributed by atoms with van der Waals surface area (Å²) in [5.74, 6) is -2.90. The second-order valence-corrected chi connectivity index (χ2v) is 26.0. The van der Waals surface area contributed by atoms with E-state index >= 15 is 0 Å². The third-order valence-electron chi connectivity index (χ3n) is 13.0. The van der Waals surface area contributed by atoms with E-state index in [0.717, 1.165) is 22.3 Å². The summed E-state index contributed by atoms with van der Waals surface area (Å²) in [7, 11) is -11.3. The first-order valence-corrected chi connectivity index (χ1v) is 31.1. The van der Waals surface area contributed by atoms with E-state index in [9.17, 15) is 55.0 Å². The molecule has 0 fully saturated rings. The van der Waals surface area contributed by atoms with Crippen LogP contribution in [0.5, 0.6) is 0 Å². The molecule has 0 saturated carbocycles. The highest BCUT2D eigenvalue weighted by Crippen LogP contribution is 2.28. The molecule has 0 aliphatic heterocycles. The van der Waals surface area contributed by atoms with Crippen LogP contribution >= 0.6 is 11.6 Å².